The first-order valence-electron chi connectivity index (χ1n) is 5.50. The number of nitrogens with zero attached hydrogens (tertiary/aromatic N) is 1. The molecule has 0 saturated carbocycles. The van der Waals surface area contributed by atoms with Crippen LogP contribution < -0.4 is 5.32 Å². The van der Waals surface area contributed by atoms with Gasteiger partial charge in [0.05, 0.1) is 11.9 Å². The van der Waals surface area contributed by atoms with Crippen molar-refractivity contribution < 1.29 is 8.42 Å². The minimum Gasteiger partial charge on any atom is -0.316 e. The Morgan fingerprint density at radius 2 is 2.29 bits per heavy atom. The number of nitrogens with one attached hydrogen (secondary N) is 2. The second-order valence-corrected chi connectivity index (χ2v) is 6.39. The van der Waals surface area contributed by atoms with Gasteiger partial charge in [0, 0.05) is 6.26 Å². The number of piperidine rings is 1. The third-order valence-electron chi connectivity index (χ3n) is 2.97. The molecule has 1 aliphatic rings. The molecule has 0 aromatic carbocycles. The monoisotopic (exact) mass is 279 g/mol. The smallest absolute Gasteiger partial charge is 0.178 e. The van der Waals surface area contributed by atoms with E-state index in [1.54, 1.807) is 0 Å². The number of sulfone groups is 1. The van der Waals surface area contributed by atoms with Crippen molar-refractivity contribution in [2.75, 3.05) is 19.3 Å². The fraction of sp³-hybridized carbons (Fsp3) is 0.700. The molecular formula is C10H18ClN3O2S. The second kappa shape index (κ2) is 5.84. The predicted octanol–water partition coefficient (Wildman–Crippen LogP) is 0.777. The Kier molecular flexibility index (Phi) is 4.97. The first kappa shape index (κ1) is 14.5. The number of aromatic amines is 1. The molecule has 1 fully saturated rings. The van der Waals surface area contributed by atoms with Crippen molar-refractivity contribution in [3.8, 4) is 0 Å². The molecule has 17 heavy (non-hydrogen) atoms. The molecular weight excluding hydrogens is 262 g/mol. The molecule has 1 aromatic heterocycles. The van der Waals surface area contributed by atoms with Crippen LogP contribution in [0.3, 0.4) is 0 Å². The van der Waals surface area contributed by atoms with E-state index in [2.05, 4.69) is 15.5 Å². The summed E-state index contributed by atoms with van der Waals surface area (Å²) >= 11 is 0. The highest BCUT2D eigenvalue weighted by Crippen LogP contribution is 2.20. The highest BCUT2D eigenvalue weighted by molar-refractivity contribution is 7.90. The van der Waals surface area contributed by atoms with Crippen molar-refractivity contribution in [3.63, 3.8) is 0 Å². The van der Waals surface area contributed by atoms with Gasteiger partial charge in [0.15, 0.2) is 9.84 Å². The highest BCUT2D eigenvalue weighted by atomic mass is 35.5. The Hall–Kier alpha value is -0.590. The van der Waals surface area contributed by atoms with E-state index in [1.807, 2.05) is 0 Å². The van der Waals surface area contributed by atoms with E-state index in [0.29, 0.717) is 10.8 Å². The van der Waals surface area contributed by atoms with Crippen molar-refractivity contribution in [1.82, 2.24) is 15.5 Å². The summed E-state index contributed by atoms with van der Waals surface area (Å²) in [4.78, 5) is 0.345. The molecule has 98 valence electrons. The van der Waals surface area contributed by atoms with Gasteiger partial charge in [-0.05, 0) is 38.3 Å². The molecule has 5 nitrogen and oxygen atoms in total. The first-order chi connectivity index (χ1) is 7.57. The lowest BCUT2D eigenvalue weighted by atomic mass is 9.95. The molecule has 1 atom stereocenters. The maximum Gasteiger partial charge on any atom is 0.178 e. The number of H-pyrrole nitrogens is 1. The highest BCUT2D eigenvalue weighted by Gasteiger charge is 2.20. The average Bonchev–Trinajstić information content (AvgIpc) is 2.67. The minimum atomic E-state index is -3.16. The Morgan fingerprint density at radius 1 is 1.53 bits per heavy atom. The normalized spacial score (nSPS) is 20.9. The first-order valence-corrected chi connectivity index (χ1v) is 7.39. The molecule has 2 heterocycles. The van der Waals surface area contributed by atoms with Crippen LogP contribution in [0.5, 0.6) is 0 Å². The average molecular weight is 280 g/mol. The van der Waals surface area contributed by atoms with Crippen molar-refractivity contribution in [2.45, 2.75) is 24.2 Å². The lowest BCUT2D eigenvalue weighted by Gasteiger charge is -2.22. The molecule has 1 saturated heterocycles. The van der Waals surface area contributed by atoms with Crippen LogP contribution >= 0.6 is 12.4 Å². The van der Waals surface area contributed by atoms with Gasteiger partial charge < -0.3 is 5.32 Å². The molecule has 1 aliphatic heterocycles. The standard InChI is InChI=1S/C10H17N3O2S.ClH/c1-16(14,15)10-7-12-13-9(10)5-8-3-2-4-11-6-8;/h7-8,11H,2-6H2,1H3,(H,12,13);1H. The van der Waals surface area contributed by atoms with Gasteiger partial charge in [-0.2, -0.15) is 5.10 Å². The van der Waals surface area contributed by atoms with Crippen molar-refractivity contribution in [3.05, 3.63) is 11.9 Å². The van der Waals surface area contributed by atoms with Crippen LogP contribution in [0.1, 0.15) is 18.5 Å². The number of halogens is 1. The molecule has 0 radical (unpaired) electrons. The predicted molar refractivity (Wildman–Crippen MR) is 68.2 cm³/mol. The molecule has 1 aromatic rings. The SMILES string of the molecule is CS(=O)(=O)c1cn[nH]c1CC1CCCNC1.Cl. The fourth-order valence-corrected chi connectivity index (χ4v) is 2.98. The molecule has 0 spiro atoms. The van der Waals surface area contributed by atoms with E-state index in [0.717, 1.165) is 38.0 Å². The third kappa shape index (κ3) is 3.69. The molecule has 1 unspecified atom stereocenters. The number of aromatic nitrogens is 2. The second-order valence-electron chi connectivity index (χ2n) is 4.40. The molecule has 0 bridgehead atoms. The Labute approximate surface area is 108 Å². The van der Waals surface area contributed by atoms with Gasteiger partial charge in [0.25, 0.3) is 0 Å². The van der Waals surface area contributed by atoms with Gasteiger partial charge >= 0.3 is 0 Å². The summed E-state index contributed by atoms with van der Waals surface area (Å²) in [7, 11) is -3.16. The number of hydrogen-bond acceptors (Lipinski definition) is 4. The number of rotatable bonds is 3. The number of hydrogen-bond donors (Lipinski definition) is 2. The van der Waals surface area contributed by atoms with E-state index in [9.17, 15) is 8.42 Å². The quantitative estimate of drug-likeness (QED) is 0.857. The van der Waals surface area contributed by atoms with Crippen molar-refractivity contribution >= 4 is 22.2 Å². The van der Waals surface area contributed by atoms with Crippen LogP contribution in [-0.4, -0.2) is 38.0 Å². The molecule has 2 rings (SSSR count). The topological polar surface area (TPSA) is 74.8 Å². The lowest BCUT2D eigenvalue weighted by molar-refractivity contribution is 0.372. The Morgan fingerprint density at radius 3 is 2.88 bits per heavy atom. The summed E-state index contributed by atoms with van der Waals surface area (Å²) in [6, 6.07) is 0. The summed E-state index contributed by atoms with van der Waals surface area (Å²) in [5.41, 5.74) is 0.746. The van der Waals surface area contributed by atoms with Gasteiger partial charge in [-0.3, -0.25) is 5.10 Å². The minimum absolute atomic E-state index is 0. The van der Waals surface area contributed by atoms with Gasteiger partial charge in [-0.1, -0.05) is 0 Å². The lowest BCUT2D eigenvalue weighted by Crippen LogP contribution is -2.31. The van der Waals surface area contributed by atoms with Crippen molar-refractivity contribution in [2.24, 2.45) is 5.92 Å². The summed E-state index contributed by atoms with van der Waals surface area (Å²) in [5.74, 6) is 0.509. The van der Waals surface area contributed by atoms with Gasteiger partial charge in [-0.25, -0.2) is 8.42 Å². The van der Waals surface area contributed by atoms with Gasteiger partial charge in [0.1, 0.15) is 4.90 Å². The molecule has 2 N–H and O–H groups in total. The van der Waals surface area contributed by atoms with Crippen LogP contribution in [0.4, 0.5) is 0 Å². The van der Waals surface area contributed by atoms with E-state index in [1.165, 1.54) is 12.5 Å². The third-order valence-corrected chi connectivity index (χ3v) is 4.12. The molecule has 0 aliphatic carbocycles. The zero-order valence-electron chi connectivity index (χ0n) is 9.77. The summed E-state index contributed by atoms with van der Waals surface area (Å²) < 4.78 is 23.0. The van der Waals surface area contributed by atoms with Crippen LogP contribution in [-0.2, 0) is 16.3 Å². The maximum absolute atomic E-state index is 11.5. The van der Waals surface area contributed by atoms with E-state index < -0.39 is 9.84 Å². The fourth-order valence-electron chi connectivity index (χ4n) is 2.15. The zero-order valence-corrected chi connectivity index (χ0v) is 11.4. The molecule has 0 amide bonds. The summed E-state index contributed by atoms with van der Waals surface area (Å²) in [6.45, 7) is 2.03. The van der Waals surface area contributed by atoms with E-state index >= 15 is 0 Å². The summed E-state index contributed by atoms with van der Waals surface area (Å²) in [6.07, 6.45) is 5.69. The van der Waals surface area contributed by atoms with Crippen molar-refractivity contribution in [1.29, 1.82) is 0 Å². The van der Waals surface area contributed by atoms with Crippen LogP contribution in [0.15, 0.2) is 11.1 Å². The Bertz CT molecular complexity index is 452. The van der Waals surface area contributed by atoms with Gasteiger partial charge in [0.2, 0.25) is 0 Å². The van der Waals surface area contributed by atoms with Crippen LogP contribution in [0.25, 0.3) is 0 Å². The summed E-state index contributed by atoms with van der Waals surface area (Å²) in [5, 5.41) is 9.95. The van der Waals surface area contributed by atoms with Crippen LogP contribution in [0.2, 0.25) is 0 Å². The largest absolute Gasteiger partial charge is 0.316 e. The van der Waals surface area contributed by atoms with Crippen LogP contribution in [0, 0.1) is 5.92 Å². The molecule has 7 heteroatoms. The maximum atomic E-state index is 11.5. The van der Waals surface area contributed by atoms with E-state index in [-0.39, 0.29) is 12.4 Å². The van der Waals surface area contributed by atoms with E-state index in [4.69, 9.17) is 0 Å². The zero-order chi connectivity index (χ0) is 11.6. The van der Waals surface area contributed by atoms with Gasteiger partial charge in [-0.15, -0.1) is 12.4 Å². The Balaban J connectivity index is 0.00000144.